The van der Waals surface area contributed by atoms with E-state index in [0.29, 0.717) is 0 Å². The molecule has 0 aliphatic rings. The van der Waals surface area contributed by atoms with Crippen LogP contribution < -0.4 is 5.73 Å². The van der Waals surface area contributed by atoms with Gasteiger partial charge < -0.3 is 10.3 Å². The predicted molar refractivity (Wildman–Crippen MR) is 51.8 cm³/mol. The highest BCUT2D eigenvalue weighted by Gasteiger charge is 2.22. The van der Waals surface area contributed by atoms with Crippen LogP contribution in [0.5, 0.6) is 0 Å². The van der Waals surface area contributed by atoms with Gasteiger partial charge in [-0.1, -0.05) is 20.8 Å². The highest BCUT2D eigenvalue weighted by atomic mass is 14.9. The lowest BCUT2D eigenvalue weighted by atomic mass is 9.84. The number of aromatic nitrogens is 1. The van der Waals surface area contributed by atoms with E-state index < -0.39 is 0 Å². The second kappa shape index (κ2) is 2.94. The van der Waals surface area contributed by atoms with Crippen LogP contribution >= 0.6 is 0 Å². The van der Waals surface area contributed by atoms with E-state index in [0.717, 1.165) is 0 Å². The lowest BCUT2D eigenvalue weighted by Gasteiger charge is -2.26. The maximum Gasteiger partial charge on any atom is 0.0359 e. The average molecular weight is 166 g/mol. The van der Waals surface area contributed by atoms with Crippen molar-refractivity contribution in [2.24, 2.45) is 18.2 Å². The van der Waals surface area contributed by atoms with E-state index in [9.17, 15) is 0 Å². The van der Waals surface area contributed by atoms with Gasteiger partial charge >= 0.3 is 0 Å². The summed E-state index contributed by atoms with van der Waals surface area (Å²) in [4.78, 5) is 0. The normalized spacial score (nSPS) is 14.8. The smallest absolute Gasteiger partial charge is 0.0359 e. The van der Waals surface area contributed by atoms with Gasteiger partial charge in [-0.3, -0.25) is 0 Å². The largest absolute Gasteiger partial charge is 0.357 e. The Hall–Kier alpha value is -0.760. The summed E-state index contributed by atoms with van der Waals surface area (Å²) in [5.41, 5.74) is 7.43. The van der Waals surface area contributed by atoms with Crippen LogP contribution in [0.25, 0.3) is 0 Å². The molecule has 0 aromatic carbocycles. The first kappa shape index (κ1) is 9.33. The Morgan fingerprint density at radius 3 is 2.33 bits per heavy atom. The molecule has 1 aromatic rings. The summed E-state index contributed by atoms with van der Waals surface area (Å²) < 4.78 is 2.03. The summed E-state index contributed by atoms with van der Waals surface area (Å²) in [6, 6.07) is 2.20. The monoisotopic (exact) mass is 166 g/mol. The molecule has 0 saturated carbocycles. The molecular weight excluding hydrogens is 148 g/mol. The van der Waals surface area contributed by atoms with Crippen molar-refractivity contribution in [2.45, 2.75) is 26.8 Å². The minimum Gasteiger partial charge on any atom is -0.357 e. The van der Waals surface area contributed by atoms with Crippen molar-refractivity contribution in [3.05, 3.63) is 24.0 Å². The first-order chi connectivity index (χ1) is 5.41. The van der Waals surface area contributed by atoms with Gasteiger partial charge in [-0.25, -0.2) is 0 Å². The van der Waals surface area contributed by atoms with Gasteiger partial charge in [0, 0.05) is 25.5 Å². The number of nitrogens with zero attached hydrogens (tertiary/aromatic N) is 1. The van der Waals surface area contributed by atoms with Crippen LogP contribution in [0.3, 0.4) is 0 Å². The standard InChI is InChI=1S/C10H18N2/c1-10(2,3)9(11)8-5-6-12(4)7-8/h5-7,9H,11H2,1-4H3. The predicted octanol–water partition coefficient (Wildman–Crippen LogP) is 2.07. The molecule has 2 nitrogen and oxygen atoms in total. The van der Waals surface area contributed by atoms with E-state index in [1.165, 1.54) is 5.56 Å². The van der Waals surface area contributed by atoms with E-state index in [-0.39, 0.29) is 11.5 Å². The van der Waals surface area contributed by atoms with Crippen molar-refractivity contribution in [3.63, 3.8) is 0 Å². The van der Waals surface area contributed by atoms with Gasteiger partial charge in [-0.15, -0.1) is 0 Å². The summed E-state index contributed by atoms with van der Waals surface area (Å²) in [5, 5.41) is 0. The zero-order valence-corrected chi connectivity index (χ0v) is 8.33. The van der Waals surface area contributed by atoms with Crippen LogP contribution in [0.2, 0.25) is 0 Å². The molecule has 12 heavy (non-hydrogen) atoms. The lowest BCUT2D eigenvalue weighted by Crippen LogP contribution is -2.25. The summed E-state index contributed by atoms with van der Waals surface area (Å²) >= 11 is 0. The highest BCUT2D eigenvalue weighted by Crippen LogP contribution is 2.30. The number of nitrogens with two attached hydrogens (primary N) is 1. The molecule has 0 aliphatic carbocycles. The Morgan fingerprint density at radius 1 is 1.42 bits per heavy atom. The van der Waals surface area contributed by atoms with Gasteiger partial charge in [0.05, 0.1) is 0 Å². The zero-order valence-electron chi connectivity index (χ0n) is 8.33. The minimum absolute atomic E-state index is 0.124. The third-order valence-corrected chi connectivity index (χ3v) is 2.15. The first-order valence-electron chi connectivity index (χ1n) is 4.28. The Bertz CT molecular complexity index is 255. The SMILES string of the molecule is Cn1ccc(C(N)C(C)(C)C)c1. The summed E-state index contributed by atoms with van der Waals surface area (Å²) in [7, 11) is 2.01. The number of aryl methyl sites for hydroxylation is 1. The average Bonchev–Trinajstić information content (AvgIpc) is 2.32. The quantitative estimate of drug-likeness (QED) is 0.680. The molecule has 1 atom stereocenters. The third kappa shape index (κ3) is 1.89. The fraction of sp³-hybridized carbons (Fsp3) is 0.600. The third-order valence-electron chi connectivity index (χ3n) is 2.15. The van der Waals surface area contributed by atoms with Crippen LogP contribution in [0.1, 0.15) is 32.4 Å². The Balaban J connectivity index is 2.85. The molecule has 0 saturated heterocycles. The van der Waals surface area contributed by atoms with Crippen molar-refractivity contribution in [1.82, 2.24) is 4.57 Å². The van der Waals surface area contributed by atoms with Gasteiger partial charge in [-0.2, -0.15) is 0 Å². The number of hydrogen-bond donors (Lipinski definition) is 1. The topological polar surface area (TPSA) is 30.9 Å². The molecule has 68 valence electrons. The first-order valence-corrected chi connectivity index (χ1v) is 4.28. The molecular formula is C10H18N2. The van der Waals surface area contributed by atoms with Gasteiger partial charge in [0.25, 0.3) is 0 Å². The van der Waals surface area contributed by atoms with Gasteiger partial charge in [0.2, 0.25) is 0 Å². The van der Waals surface area contributed by atoms with Crippen LogP contribution in [-0.4, -0.2) is 4.57 Å². The molecule has 1 rings (SSSR count). The van der Waals surface area contributed by atoms with Crippen molar-refractivity contribution in [2.75, 3.05) is 0 Å². The van der Waals surface area contributed by atoms with Gasteiger partial charge in [0.15, 0.2) is 0 Å². The number of rotatable bonds is 1. The van der Waals surface area contributed by atoms with Crippen molar-refractivity contribution < 1.29 is 0 Å². The van der Waals surface area contributed by atoms with Crippen LogP contribution in [0, 0.1) is 5.41 Å². The van der Waals surface area contributed by atoms with E-state index in [2.05, 4.69) is 33.0 Å². The molecule has 0 amide bonds. The van der Waals surface area contributed by atoms with E-state index in [1.54, 1.807) is 0 Å². The summed E-state index contributed by atoms with van der Waals surface area (Å²) in [6.45, 7) is 6.47. The van der Waals surface area contributed by atoms with Gasteiger partial charge in [0.1, 0.15) is 0 Å². The molecule has 2 heteroatoms. The molecule has 1 aromatic heterocycles. The van der Waals surface area contributed by atoms with Crippen LogP contribution in [-0.2, 0) is 7.05 Å². The second-order valence-electron chi connectivity index (χ2n) is 4.45. The Morgan fingerprint density at radius 2 is 2.00 bits per heavy atom. The molecule has 2 N–H and O–H groups in total. The molecule has 0 aliphatic heterocycles. The lowest BCUT2D eigenvalue weighted by molar-refractivity contribution is 0.327. The molecule has 1 heterocycles. The Labute approximate surface area is 74.4 Å². The fourth-order valence-electron chi connectivity index (χ4n) is 1.21. The minimum atomic E-state index is 0.124. The van der Waals surface area contributed by atoms with E-state index in [4.69, 9.17) is 5.73 Å². The maximum absolute atomic E-state index is 6.07. The molecule has 0 fully saturated rings. The van der Waals surface area contributed by atoms with Crippen molar-refractivity contribution in [1.29, 1.82) is 0 Å². The maximum atomic E-state index is 6.07. The molecule has 0 radical (unpaired) electrons. The van der Waals surface area contributed by atoms with Crippen LogP contribution in [0.4, 0.5) is 0 Å². The Kier molecular flexibility index (Phi) is 2.29. The molecule has 0 bridgehead atoms. The fourth-order valence-corrected chi connectivity index (χ4v) is 1.21. The van der Waals surface area contributed by atoms with Crippen LogP contribution in [0.15, 0.2) is 18.5 Å². The van der Waals surface area contributed by atoms with Crippen molar-refractivity contribution >= 4 is 0 Å². The summed E-state index contributed by atoms with van der Waals surface area (Å²) in [6.07, 6.45) is 4.11. The van der Waals surface area contributed by atoms with E-state index >= 15 is 0 Å². The van der Waals surface area contributed by atoms with E-state index in [1.807, 2.05) is 17.8 Å². The highest BCUT2D eigenvalue weighted by molar-refractivity contribution is 5.16. The number of hydrogen-bond acceptors (Lipinski definition) is 1. The summed E-state index contributed by atoms with van der Waals surface area (Å²) in [5.74, 6) is 0. The van der Waals surface area contributed by atoms with Gasteiger partial charge in [-0.05, 0) is 17.0 Å². The second-order valence-corrected chi connectivity index (χ2v) is 4.45. The zero-order chi connectivity index (χ0) is 9.35. The molecule has 0 spiro atoms. The van der Waals surface area contributed by atoms with Crippen molar-refractivity contribution in [3.8, 4) is 0 Å². The molecule has 1 unspecified atom stereocenters.